The lowest BCUT2D eigenvalue weighted by Crippen LogP contribution is -2.17. The van der Waals surface area contributed by atoms with Crippen molar-refractivity contribution in [3.05, 3.63) is 72.1 Å². The Kier molecular flexibility index (Phi) is 5.54. The molecule has 0 aliphatic carbocycles. The van der Waals surface area contributed by atoms with E-state index in [2.05, 4.69) is 28.2 Å². The van der Waals surface area contributed by atoms with E-state index in [1.807, 2.05) is 49.6 Å². The van der Waals surface area contributed by atoms with Crippen LogP contribution in [0.15, 0.2) is 60.9 Å². The molecule has 2 aromatic carbocycles. The fraction of sp³-hybridized carbons (Fsp3) is 0.227. The van der Waals surface area contributed by atoms with Gasteiger partial charge >= 0.3 is 0 Å². The van der Waals surface area contributed by atoms with E-state index < -0.39 is 0 Å². The Balaban J connectivity index is 0.000000151. The number of aromatic amines is 2. The molecule has 26 heavy (non-hydrogen) atoms. The molecule has 1 atom stereocenters. The Morgan fingerprint density at radius 2 is 1.42 bits per heavy atom. The molecule has 134 valence electrons. The summed E-state index contributed by atoms with van der Waals surface area (Å²) >= 11 is 0. The highest BCUT2D eigenvalue weighted by Gasteiger charge is 2.05. The van der Waals surface area contributed by atoms with Crippen molar-refractivity contribution in [1.82, 2.24) is 9.97 Å². The van der Waals surface area contributed by atoms with Gasteiger partial charge in [0.1, 0.15) is 5.78 Å². The maximum Gasteiger partial charge on any atom is 0.134 e. The van der Waals surface area contributed by atoms with Crippen molar-refractivity contribution in [2.75, 3.05) is 0 Å². The van der Waals surface area contributed by atoms with Crippen molar-refractivity contribution < 1.29 is 4.79 Å². The number of carbonyl (C=O) groups excluding carboxylic acids is 1. The molecule has 4 heteroatoms. The van der Waals surface area contributed by atoms with Crippen LogP contribution in [0.2, 0.25) is 0 Å². The number of nitrogens with one attached hydrogen (secondary N) is 2. The fourth-order valence-corrected chi connectivity index (χ4v) is 3.19. The van der Waals surface area contributed by atoms with Gasteiger partial charge in [-0.15, -0.1) is 0 Å². The Morgan fingerprint density at radius 1 is 0.923 bits per heavy atom. The first-order chi connectivity index (χ1) is 12.5. The predicted octanol–water partition coefficient (Wildman–Crippen LogP) is 4.36. The van der Waals surface area contributed by atoms with E-state index in [0.29, 0.717) is 6.42 Å². The first-order valence-electron chi connectivity index (χ1n) is 8.89. The van der Waals surface area contributed by atoms with Gasteiger partial charge in [-0.1, -0.05) is 36.4 Å². The van der Waals surface area contributed by atoms with Crippen LogP contribution < -0.4 is 5.73 Å². The first kappa shape index (κ1) is 18.0. The van der Waals surface area contributed by atoms with Crippen LogP contribution in [0.3, 0.4) is 0 Å². The van der Waals surface area contributed by atoms with Crippen LogP contribution >= 0.6 is 0 Å². The Morgan fingerprint density at radius 3 is 1.96 bits per heavy atom. The van der Waals surface area contributed by atoms with Crippen LogP contribution in [-0.2, 0) is 17.6 Å². The van der Waals surface area contributed by atoms with Crippen LogP contribution in [0.4, 0.5) is 0 Å². The van der Waals surface area contributed by atoms with E-state index in [4.69, 9.17) is 5.73 Å². The lowest BCUT2D eigenvalue weighted by atomic mass is 10.1. The Hall–Kier alpha value is -2.85. The summed E-state index contributed by atoms with van der Waals surface area (Å²) in [6.45, 7) is 3.64. The van der Waals surface area contributed by atoms with Crippen LogP contribution in [0.25, 0.3) is 21.8 Å². The Labute approximate surface area is 153 Å². The third-order valence-corrected chi connectivity index (χ3v) is 4.33. The molecular formula is C22H25N3O. The maximum atomic E-state index is 10.9. The van der Waals surface area contributed by atoms with Crippen molar-refractivity contribution in [3.63, 3.8) is 0 Å². The number of Topliss-reactive ketones (excluding diaryl/α,β-unsaturated/α-hetero) is 1. The summed E-state index contributed by atoms with van der Waals surface area (Å²) in [7, 11) is 0. The topological polar surface area (TPSA) is 74.7 Å². The lowest BCUT2D eigenvalue weighted by Gasteiger charge is -2.02. The van der Waals surface area contributed by atoms with Gasteiger partial charge in [-0.05, 0) is 43.5 Å². The van der Waals surface area contributed by atoms with Crippen molar-refractivity contribution in [3.8, 4) is 0 Å². The molecule has 0 saturated heterocycles. The van der Waals surface area contributed by atoms with Gasteiger partial charge in [-0.25, -0.2) is 0 Å². The molecule has 2 aromatic heterocycles. The Bertz CT molecular complexity index is 1010. The van der Waals surface area contributed by atoms with Gasteiger partial charge in [-0.3, -0.25) is 4.79 Å². The number of rotatable bonds is 4. The smallest absolute Gasteiger partial charge is 0.134 e. The molecule has 4 aromatic rings. The van der Waals surface area contributed by atoms with Gasteiger partial charge < -0.3 is 15.7 Å². The summed E-state index contributed by atoms with van der Waals surface area (Å²) in [4.78, 5) is 17.3. The first-order valence-corrected chi connectivity index (χ1v) is 8.89. The molecule has 0 fully saturated rings. The predicted molar refractivity (Wildman–Crippen MR) is 108 cm³/mol. The van der Waals surface area contributed by atoms with E-state index in [0.717, 1.165) is 22.9 Å². The highest BCUT2D eigenvalue weighted by molar-refractivity contribution is 5.88. The summed E-state index contributed by atoms with van der Waals surface area (Å²) in [5.41, 5.74) is 10.4. The fourth-order valence-electron chi connectivity index (χ4n) is 3.19. The second-order valence-corrected chi connectivity index (χ2v) is 6.78. The highest BCUT2D eigenvalue weighted by Crippen LogP contribution is 2.19. The molecule has 0 spiro atoms. The number of ketones is 1. The summed E-state index contributed by atoms with van der Waals surface area (Å²) in [6.07, 6.45) is 5.41. The third kappa shape index (κ3) is 4.21. The van der Waals surface area contributed by atoms with E-state index in [-0.39, 0.29) is 11.8 Å². The molecule has 0 aliphatic rings. The van der Waals surface area contributed by atoms with Gasteiger partial charge in [0.05, 0.1) is 0 Å². The minimum absolute atomic E-state index is 0.199. The van der Waals surface area contributed by atoms with E-state index in [1.165, 1.54) is 16.5 Å². The zero-order valence-corrected chi connectivity index (χ0v) is 15.3. The van der Waals surface area contributed by atoms with Gasteiger partial charge in [0.25, 0.3) is 0 Å². The number of benzene rings is 2. The summed E-state index contributed by atoms with van der Waals surface area (Å²) in [5.74, 6) is 0.199. The van der Waals surface area contributed by atoms with Crippen LogP contribution in [0, 0.1) is 0 Å². The zero-order chi connectivity index (χ0) is 18.5. The molecule has 0 unspecified atom stereocenters. The number of nitrogens with two attached hydrogens (primary N) is 1. The van der Waals surface area contributed by atoms with Gasteiger partial charge in [0.15, 0.2) is 0 Å². The highest BCUT2D eigenvalue weighted by atomic mass is 16.1. The summed E-state index contributed by atoms with van der Waals surface area (Å²) in [5, 5.41) is 2.44. The number of carbonyl (C=O) groups is 1. The van der Waals surface area contributed by atoms with Crippen LogP contribution in [0.1, 0.15) is 25.0 Å². The van der Waals surface area contributed by atoms with Crippen molar-refractivity contribution in [2.45, 2.75) is 32.7 Å². The number of H-pyrrole nitrogens is 2. The lowest BCUT2D eigenvalue weighted by molar-refractivity contribution is -0.116. The van der Waals surface area contributed by atoms with Gasteiger partial charge in [0, 0.05) is 46.7 Å². The van der Waals surface area contributed by atoms with E-state index in [1.54, 1.807) is 6.92 Å². The molecule has 0 saturated carbocycles. The molecule has 0 amide bonds. The zero-order valence-electron chi connectivity index (χ0n) is 15.3. The molecule has 4 N–H and O–H groups in total. The number of fused-ring (bicyclic) bond motifs is 2. The number of para-hydroxylation sites is 2. The molecule has 0 aliphatic heterocycles. The van der Waals surface area contributed by atoms with E-state index >= 15 is 0 Å². The maximum absolute atomic E-state index is 10.9. The van der Waals surface area contributed by atoms with Crippen LogP contribution in [-0.4, -0.2) is 21.8 Å². The number of hydrogen-bond donors (Lipinski definition) is 3. The second kappa shape index (κ2) is 8.02. The number of hydrogen-bond acceptors (Lipinski definition) is 2. The molecular weight excluding hydrogens is 322 g/mol. The monoisotopic (exact) mass is 347 g/mol. The standard InChI is InChI=1S/C11H14N2.C11H11NO/c1-8(12)6-9-7-13-11-5-3-2-4-10(9)11;1-8(13)6-9-7-12-11-5-3-2-4-10(9)11/h2-5,7-8,13H,6,12H2,1H3;2-5,7,12H,6H2,1H3/t8-;/m1./s1. The van der Waals surface area contributed by atoms with Crippen molar-refractivity contribution in [1.29, 1.82) is 0 Å². The van der Waals surface area contributed by atoms with Crippen LogP contribution in [0.5, 0.6) is 0 Å². The summed E-state index contributed by atoms with van der Waals surface area (Å²) < 4.78 is 0. The quantitative estimate of drug-likeness (QED) is 0.513. The minimum Gasteiger partial charge on any atom is -0.361 e. The third-order valence-electron chi connectivity index (χ3n) is 4.33. The normalized spacial score (nSPS) is 12.0. The van der Waals surface area contributed by atoms with Crippen molar-refractivity contribution >= 4 is 27.6 Å². The SMILES string of the molecule is CC(=O)Cc1c[nH]c2ccccc12.C[C@@H](N)Cc1c[nH]c2ccccc12. The number of aromatic nitrogens is 2. The average molecular weight is 347 g/mol. The molecule has 0 bridgehead atoms. The molecule has 0 radical (unpaired) electrons. The second-order valence-electron chi connectivity index (χ2n) is 6.78. The molecule has 2 heterocycles. The molecule has 4 nitrogen and oxygen atoms in total. The molecule has 4 rings (SSSR count). The van der Waals surface area contributed by atoms with Crippen molar-refractivity contribution in [2.24, 2.45) is 5.73 Å². The van der Waals surface area contributed by atoms with E-state index in [9.17, 15) is 4.79 Å². The average Bonchev–Trinajstić information content (AvgIpc) is 3.20. The van der Waals surface area contributed by atoms with Gasteiger partial charge in [-0.2, -0.15) is 0 Å². The largest absolute Gasteiger partial charge is 0.361 e. The van der Waals surface area contributed by atoms with Gasteiger partial charge in [0.2, 0.25) is 0 Å². The minimum atomic E-state index is 0.199. The summed E-state index contributed by atoms with van der Waals surface area (Å²) in [6, 6.07) is 16.5.